The van der Waals surface area contributed by atoms with E-state index in [9.17, 15) is 0 Å². The van der Waals surface area contributed by atoms with E-state index in [4.69, 9.17) is 9.47 Å². The average Bonchev–Trinajstić information content (AvgIpc) is 3.13. The van der Waals surface area contributed by atoms with Crippen molar-refractivity contribution in [1.29, 1.82) is 0 Å². The van der Waals surface area contributed by atoms with Gasteiger partial charge in [0.1, 0.15) is 6.10 Å². The summed E-state index contributed by atoms with van der Waals surface area (Å²) in [6.45, 7) is 1.57. The Morgan fingerprint density at radius 2 is 2.33 bits per heavy atom. The molecule has 6 nitrogen and oxygen atoms in total. The Morgan fingerprint density at radius 1 is 1.43 bits per heavy atom. The summed E-state index contributed by atoms with van der Waals surface area (Å²) in [6, 6.07) is 5.78. The second-order valence-corrected chi connectivity index (χ2v) is 5.15. The van der Waals surface area contributed by atoms with Crippen LogP contribution in [-0.4, -0.2) is 35.0 Å². The fourth-order valence-corrected chi connectivity index (χ4v) is 2.75. The van der Waals surface area contributed by atoms with Crippen LogP contribution in [0.25, 0.3) is 0 Å². The highest BCUT2D eigenvalue weighted by molar-refractivity contribution is 5.49. The number of nitrogens with one attached hydrogen (secondary N) is 1. The van der Waals surface area contributed by atoms with E-state index in [0.29, 0.717) is 5.92 Å². The van der Waals surface area contributed by atoms with Gasteiger partial charge in [-0.05, 0) is 24.6 Å². The lowest BCUT2D eigenvalue weighted by Gasteiger charge is -2.20. The van der Waals surface area contributed by atoms with Gasteiger partial charge >= 0.3 is 0 Å². The van der Waals surface area contributed by atoms with Crippen molar-refractivity contribution < 1.29 is 9.47 Å². The van der Waals surface area contributed by atoms with Crippen LogP contribution in [0.4, 0.5) is 5.82 Å². The maximum absolute atomic E-state index is 5.88. The van der Waals surface area contributed by atoms with E-state index >= 15 is 0 Å². The summed E-state index contributed by atoms with van der Waals surface area (Å²) in [5, 5.41) is 7.60. The standard InChI is InChI=1S/C15H20N4O2/c1-19-12(5-8-18-19)14-11(6-9-21-14)10-17-15-13(20-2)4-3-7-16-15/h3-5,7-8,11,14H,6,9-10H2,1-2H3,(H,16,17)/t11-,14+/m0/s1. The van der Waals surface area contributed by atoms with E-state index in [0.717, 1.165) is 36.8 Å². The molecule has 0 spiro atoms. The van der Waals surface area contributed by atoms with E-state index in [2.05, 4.69) is 15.4 Å². The van der Waals surface area contributed by atoms with E-state index in [1.54, 1.807) is 13.3 Å². The third-order valence-electron chi connectivity index (χ3n) is 3.89. The smallest absolute Gasteiger partial charge is 0.168 e. The number of aryl methyl sites for hydroxylation is 1. The molecule has 0 saturated carbocycles. The van der Waals surface area contributed by atoms with Gasteiger partial charge in [-0.2, -0.15) is 5.10 Å². The summed E-state index contributed by atoms with van der Waals surface area (Å²) in [7, 11) is 3.60. The number of aromatic nitrogens is 3. The lowest BCUT2D eigenvalue weighted by molar-refractivity contribution is 0.0866. The van der Waals surface area contributed by atoms with Crippen LogP contribution in [0.2, 0.25) is 0 Å². The van der Waals surface area contributed by atoms with Crippen molar-refractivity contribution in [2.75, 3.05) is 25.6 Å². The first kappa shape index (κ1) is 13.9. The van der Waals surface area contributed by atoms with Crippen molar-refractivity contribution in [3.05, 3.63) is 36.3 Å². The molecule has 21 heavy (non-hydrogen) atoms. The zero-order valence-electron chi connectivity index (χ0n) is 12.3. The van der Waals surface area contributed by atoms with Crippen molar-refractivity contribution in [2.45, 2.75) is 12.5 Å². The molecule has 1 aliphatic rings. The Morgan fingerprint density at radius 3 is 3.10 bits per heavy atom. The first-order chi connectivity index (χ1) is 10.3. The Hall–Kier alpha value is -2.08. The summed E-state index contributed by atoms with van der Waals surface area (Å²) < 4.78 is 13.1. The molecule has 112 valence electrons. The van der Waals surface area contributed by atoms with Crippen molar-refractivity contribution in [3.8, 4) is 5.75 Å². The fourth-order valence-electron chi connectivity index (χ4n) is 2.75. The van der Waals surface area contributed by atoms with Gasteiger partial charge in [0.2, 0.25) is 0 Å². The van der Waals surface area contributed by atoms with Crippen molar-refractivity contribution >= 4 is 5.82 Å². The van der Waals surface area contributed by atoms with Crippen LogP contribution in [0.15, 0.2) is 30.6 Å². The molecule has 6 heteroatoms. The van der Waals surface area contributed by atoms with Gasteiger partial charge in [-0.3, -0.25) is 4.68 Å². The van der Waals surface area contributed by atoms with Crippen LogP contribution in [0.1, 0.15) is 18.2 Å². The number of nitrogens with zero attached hydrogens (tertiary/aromatic N) is 3. The molecule has 3 rings (SSSR count). The zero-order chi connectivity index (χ0) is 14.7. The largest absolute Gasteiger partial charge is 0.493 e. The topological polar surface area (TPSA) is 61.2 Å². The third-order valence-corrected chi connectivity index (χ3v) is 3.89. The minimum absolute atomic E-state index is 0.0831. The average molecular weight is 288 g/mol. The number of ether oxygens (including phenoxy) is 2. The number of hydrogen-bond acceptors (Lipinski definition) is 5. The molecule has 1 fully saturated rings. The molecule has 1 N–H and O–H groups in total. The monoisotopic (exact) mass is 288 g/mol. The number of rotatable bonds is 5. The van der Waals surface area contributed by atoms with Gasteiger partial charge in [-0.25, -0.2) is 4.98 Å². The molecule has 0 amide bonds. The summed E-state index contributed by atoms with van der Waals surface area (Å²) >= 11 is 0. The molecule has 0 radical (unpaired) electrons. The van der Waals surface area contributed by atoms with Gasteiger partial charge < -0.3 is 14.8 Å². The van der Waals surface area contributed by atoms with E-state index in [-0.39, 0.29) is 6.10 Å². The molecule has 2 aromatic rings. The van der Waals surface area contributed by atoms with E-state index in [1.165, 1.54) is 0 Å². The van der Waals surface area contributed by atoms with Crippen molar-refractivity contribution in [3.63, 3.8) is 0 Å². The van der Waals surface area contributed by atoms with Crippen molar-refractivity contribution in [1.82, 2.24) is 14.8 Å². The molecule has 0 unspecified atom stereocenters. The SMILES string of the molecule is COc1cccnc1NC[C@@H]1CCO[C@H]1c1ccnn1C. The number of pyridine rings is 1. The molecule has 0 bridgehead atoms. The molecular weight excluding hydrogens is 268 g/mol. The van der Waals surface area contributed by atoms with E-state index < -0.39 is 0 Å². The predicted octanol–water partition coefficient (Wildman–Crippen LogP) is 2.01. The minimum atomic E-state index is 0.0831. The van der Waals surface area contributed by atoms with Crippen LogP contribution < -0.4 is 10.1 Å². The quantitative estimate of drug-likeness (QED) is 0.912. The van der Waals surface area contributed by atoms with Gasteiger partial charge in [0.05, 0.1) is 12.8 Å². The molecule has 2 aromatic heterocycles. The Kier molecular flexibility index (Phi) is 4.06. The normalized spacial score (nSPS) is 21.4. The summed E-state index contributed by atoms with van der Waals surface area (Å²) in [5.74, 6) is 1.93. The van der Waals surface area contributed by atoms with Gasteiger partial charge in [-0.1, -0.05) is 0 Å². The summed E-state index contributed by atoms with van der Waals surface area (Å²) in [5.41, 5.74) is 1.12. The second kappa shape index (κ2) is 6.13. The third kappa shape index (κ3) is 2.85. The van der Waals surface area contributed by atoms with Crippen LogP contribution in [-0.2, 0) is 11.8 Å². The number of hydrogen-bond donors (Lipinski definition) is 1. The maximum atomic E-state index is 5.88. The first-order valence-electron chi connectivity index (χ1n) is 7.12. The second-order valence-electron chi connectivity index (χ2n) is 5.15. The van der Waals surface area contributed by atoms with Crippen LogP contribution in [0, 0.1) is 5.92 Å². The Bertz CT molecular complexity index is 599. The minimum Gasteiger partial charge on any atom is -0.493 e. The van der Waals surface area contributed by atoms with Gasteiger partial charge in [0.15, 0.2) is 11.6 Å². The predicted molar refractivity (Wildman–Crippen MR) is 79.3 cm³/mol. The Balaban J connectivity index is 1.68. The van der Waals surface area contributed by atoms with Crippen LogP contribution >= 0.6 is 0 Å². The molecule has 1 aliphatic heterocycles. The number of anilines is 1. The number of methoxy groups -OCH3 is 1. The highest BCUT2D eigenvalue weighted by Crippen LogP contribution is 2.34. The lowest BCUT2D eigenvalue weighted by Crippen LogP contribution is -2.20. The lowest BCUT2D eigenvalue weighted by atomic mass is 9.99. The molecule has 0 aromatic carbocycles. The van der Waals surface area contributed by atoms with E-state index in [1.807, 2.05) is 36.1 Å². The van der Waals surface area contributed by atoms with Gasteiger partial charge in [0, 0.05) is 38.5 Å². The summed E-state index contributed by atoms with van der Waals surface area (Å²) in [6.07, 6.45) is 4.68. The van der Waals surface area contributed by atoms with Gasteiger partial charge in [-0.15, -0.1) is 0 Å². The molecular formula is C15H20N4O2. The molecule has 3 heterocycles. The molecule has 2 atom stereocenters. The highest BCUT2D eigenvalue weighted by atomic mass is 16.5. The highest BCUT2D eigenvalue weighted by Gasteiger charge is 2.31. The maximum Gasteiger partial charge on any atom is 0.168 e. The van der Waals surface area contributed by atoms with Gasteiger partial charge in [0.25, 0.3) is 0 Å². The fraction of sp³-hybridized carbons (Fsp3) is 0.467. The molecule has 1 saturated heterocycles. The molecule has 0 aliphatic carbocycles. The van der Waals surface area contributed by atoms with Crippen LogP contribution in [0.3, 0.4) is 0 Å². The first-order valence-corrected chi connectivity index (χ1v) is 7.12. The summed E-state index contributed by atoms with van der Waals surface area (Å²) in [4.78, 5) is 4.32. The van der Waals surface area contributed by atoms with Crippen molar-refractivity contribution in [2.24, 2.45) is 13.0 Å². The van der Waals surface area contributed by atoms with Crippen LogP contribution in [0.5, 0.6) is 5.75 Å². The zero-order valence-corrected chi connectivity index (χ0v) is 12.3. The Labute approximate surface area is 124 Å².